The number of imidazole rings is 1. The van der Waals surface area contributed by atoms with Crippen LogP contribution in [0.3, 0.4) is 0 Å². The first-order valence-electron chi connectivity index (χ1n) is 22.4. The van der Waals surface area contributed by atoms with Gasteiger partial charge in [-0.2, -0.15) is 0 Å². The average Bonchev–Trinajstić information content (AvgIpc) is 3.68. The van der Waals surface area contributed by atoms with E-state index in [0.29, 0.717) is 19.6 Å². The van der Waals surface area contributed by atoms with E-state index in [1.54, 1.807) is 12.5 Å². The lowest BCUT2D eigenvalue weighted by Gasteiger charge is -2.23. The van der Waals surface area contributed by atoms with Crippen LogP contribution in [0.25, 0.3) is 0 Å². The third-order valence-electron chi connectivity index (χ3n) is 10.3. The number of nitrogens with two attached hydrogens (primary N) is 1. The fraction of sp³-hybridized carbons (Fsp3) is 0.886. The van der Waals surface area contributed by atoms with Crippen molar-refractivity contribution in [1.29, 1.82) is 0 Å². The molecule has 0 saturated carbocycles. The van der Waals surface area contributed by atoms with Crippen molar-refractivity contribution in [2.24, 2.45) is 5.73 Å². The molecule has 1 aromatic rings. The summed E-state index contributed by atoms with van der Waals surface area (Å²) in [6.45, 7) is 7.33. The quantitative estimate of drug-likeness (QED) is 0.0505. The van der Waals surface area contributed by atoms with Crippen LogP contribution in [0.5, 0.6) is 0 Å². The van der Waals surface area contributed by atoms with Gasteiger partial charge in [-0.05, 0) is 12.8 Å². The summed E-state index contributed by atoms with van der Waals surface area (Å²) in [4.78, 5) is 34.1. The first-order chi connectivity index (χ1) is 26.1. The minimum absolute atomic E-state index is 0.0783. The Balaban J connectivity index is 2.20. The Morgan fingerprint density at radius 1 is 0.604 bits per heavy atom. The number of H-pyrrole nitrogens is 1. The monoisotopic (exact) mass is 749 g/mol. The van der Waals surface area contributed by atoms with Gasteiger partial charge in [-0.1, -0.05) is 181 Å². The molecule has 9 heteroatoms. The van der Waals surface area contributed by atoms with Crippen molar-refractivity contribution in [3.63, 3.8) is 0 Å². The smallest absolute Gasteiger partial charge is 0.323 e. The lowest BCUT2D eigenvalue weighted by atomic mass is 10.0. The Morgan fingerprint density at radius 3 is 1.42 bits per heavy atom. The first-order valence-corrected chi connectivity index (χ1v) is 22.4. The summed E-state index contributed by atoms with van der Waals surface area (Å²) in [5.41, 5.74) is 6.69. The molecule has 0 aliphatic heterocycles. The Morgan fingerprint density at radius 2 is 1.00 bits per heavy atom. The maximum atomic E-state index is 13.1. The predicted octanol–water partition coefficient (Wildman–Crippen LogP) is 10.6. The zero-order chi connectivity index (χ0) is 38.3. The highest BCUT2D eigenvalue weighted by molar-refractivity contribution is 5.77. The molecule has 1 heterocycles. The highest BCUT2D eigenvalue weighted by Crippen LogP contribution is 2.15. The molecule has 1 amide bonds. The Labute approximate surface area is 326 Å². The van der Waals surface area contributed by atoms with E-state index in [1.807, 2.05) is 4.90 Å². The molecule has 0 aromatic carbocycles. The van der Waals surface area contributed by atoms with Gasteiger partial charge in [0.2, 0.25) is 5.91 Å². The van der Waals surface area contributed by atoms with Gasteiger partial charge in [-0.3, -0.25) is 9.59 Å². The number of unbranched alkanes of at least 4 members (excludes halogenated alkanes) is 26. The molecule has 0 fully saturated rings. The van der Waals surface area contributed by atoms with Gasteiger partial charge in [0, 0.05) is 31.4 Å². The summed E-state index contributed by atoms with van der Waals surface area (Å²) in [5.74, 6) is -0.391. The van der Waals surface area contributed by atoms with Gasteiger partial charge in [0.05, 0.1) is 26.1 Å². The van der Waals surface area contributed by atoms with E-state index in [2.05, 4.69) is 23.8 Å². The average molecular weight is 749 g/mol. The number of hydrogen-bond donors (Lipinski definition) is 2. The van der Waals surface area contributed by atoms with Crippen LogP contribution in [0, 0.1) is 0 Å². The van der Waals surface area contributed by atoms with E-state index in [-0.39, 0.29) is 25.7 Å². The zero-order valence-electron chi connectivity index (χ0n) is 34.7. The number of rotatable bonds is 41. The molecule has 3 N–H and O–H groups in total. The highest BCUT2D eigenvalue weighted by Gasteiger charge is 2.16. The van der Waals surface area contributed by atoms with Gasteiger partial charge in [0.15, 0.2) is 0 Å². The van der Waals surface area contributed by atoms with Gasteiger partial charge in [0.25, 0.3) is 0 Å². The van der Waals surface area contributed by atoms with Crippen molar-refractivity contribution in [2.45, 2.75) is 206 Å². The van der Waals surface area contributed by atoms with Crippen molar-refractivity contribution in [1.82, 2.24) is 14.9 Å². The number of amides is 1. The van der Waals surface area contributed by atoms with Crippen molar-refractivity contribution in [3.8, 4) is 0 Å². The van der Waals surface area contributed by atoms with E-state index >= 15 is 0 Å². The second-order valence-electron chi connectivity index (χ2n) is 15.3. The first kappa shape index (κ1) is 49.0. The van der Waals surface area contributed by atoms with E-state index in [4.69, 9.17) is 19.9 Å². The van der Waals surface area contributed by atoms with Crippen LogP contribution in [0.1, 0.15) is 199 Å². The van der Waals surface area contributed by atoms with Crippen molar-refractivity contribution in [2.75, 3.05) is 46.1 Å². The maximum Gasteiger partial charge on any atom is 0.323 e. The molecule has 0 aliphatic rings. The SMILES string of the molecule is CCCCCCCCCCCCCCCCN(CCCCCCCCCCCCCCCC)C(=O)COCCOCCOC(=O)C(N)Cc1cnc[nH]1. The van der Waals surface area contributed by atoms with Crippen molar-refractivity contribution >= 4 is 11.9 Å². The fourth-order valence-electron chi connectivity index (χ4n) is 6.85. The Kier molecular flexibility index (Phi) is 35.5. The van der Waals surface area contributed by atoms with Crippen LogP contribution < -0.4 is 5.73 Å². The number of nitrogens with one attached hydrogen (secondary N) is 1. The van der Waals surface area contributed by atoms with E-state index in [1.165, 1.54) is 167 Å². The summed E-state index contributed by atoms with van der Waals surface area (Å²) < 4.78 is 16.4. The number of carbonyl (C=O) groups excluding carboxylic acids is 2. The molecule has 1 unspecified atom stereocenters. The van der Waals surface area contributed by atoms with Crippen LogP contribution in [0.2, 0.25) is 0 Å². The highest BCUT2D eigenvalue weighted by atomic mass is 16.6. The molecule has 0 spiro atoms. The third-order valence-corrected chi connectivity index (χ3v) is 10.3. The van der Waals surface area contributed by atoms with Gasteiger partial charge in [-0.25, -0.2) is 4.98 Å². The summed E-state index contributed by atoms with van der Waals surface area (Å²) in [5, 5.41) is 0. The number of nitrogens with zero attached hydrogens (tertiary/aromatic N) is 2. The second-order valence-corrected chi connectivity index (χ2v) is 15.3. The van der Waals surface area contributed by atoms with E-state index in [9.17, 15) is 9.59 Å². The molecule has 0 aliphatic carbocycles. The number of aromatic nitrogens is 2. The van der Waals surface area contributed by atoms with Crippen molar-refractivity contribution < 1.29 is 23.8 Å². The minimum atomic E-state index is -0.748. The standard InChI is InChI=1S/C44H84N4O5/c1-3-5-7-9-11-13-15-17-19-21-23-25-27-29-31-48(32-30-28-26-24-22-20-18-16-14-12-10-8-6-4-2)43(49)39-52-34-33-51-35-36-53-44(50)42(45)37-41-38-46-40-47-41/h38,40,42H,3-37,39,45H2,1-2H3,(H,46,47). The fourth-order valence-corrected chi connectivity index (χ4v) is 6.85. The summed E-state index contributed by atoms with van der Waals surface area (Å²) in [6, 6.07) is -0.748. The number of carbonyl (C=O) groups is 2. The van der Waals surface area contributed by atoms with Crippen LogP contribution in [-0.4, -0.2) is 78.9 Å². The number of ether oxygens (including phenoxy) is 3. The number of aromatic amines is 1. The van der Waals surface area contributed by atoms with Gasteiger partial charge in [0.1, 0.15) is 19.3 Å². The molecule has 1 rings (SSSR count). The summed E-state index contributed by atoms with van der Waals surface area (Å²) in [6.07, 6.45) is 40.9. The number of hydrogen-bond acceptors (Lipinski definition) is 7. The molecule has 53 heavy (non-hydrogen) atoms. The summed E-state index contributed by atoms with van der Waals surface area (Å²) >= 11 is 0. The van der Waals surface area contributed by atoms with E-state index in [0.717, 1.165) is 31.6 Å². The molecule has 0 bridgehead atoms. The predicted molar refractivity (Wildman–Crippen MR) is 220 cm³/mol. The second kappa shape index (κ2) is 38.3. The molecule has 9 nitrogen and oxygen atoms in total. The molecule has 310 valence electrons. The summed E-state index contributed by atoms with van der Waals surface area (Å²) in [7, 11) is 0. The maximum absolute atomic E-state index is 13.1. The van der Waals surface area contributed by atoms with Gasteiger partial charge >= 0.3 is 5.97 Å². The van der Waals surface area contributed by atoms with Gasteiger partial charge < -0.3 is 29.8 Å². The molecule has 1 aromatic heterocycles. The van der Waals surface area contributed by atoms with Crippen LogP contribution >= 0.6 is 0 Å². The molecular formula is C44H84N4O5. The molecule has 1 atom stereocenters. The van der Waals surface area contributed by atoms with Crippen LogP contribution in [0.15, 0.2) is 12.5 Å². The molecule has 0 saturated heterocycles. The lowest BCUT2D eigenvalue weighted by Crippen LogP contribution is -2.36. The van der Waals surface area contributed by atoms with Crippen LogP contribution in [-0.2, 0) is 30.2 Å². The minimum Gasteiger partial charge on any atom is -0.462 e. The lowest BCUT2D eigenvalue weighted by molar-refractivity contribution is -0.147. The number of esters is 1. The molecule has 0 radical (unpaired) electrons. The topological polar surface area (TPSA) is 120 Å². The normalized spacial score (nSPS) is 12.0. The van der Waals surface area contributed by atoms with Gasteiger partial charge in [-0.15, -0.1) is 0 Å². The van der Waals surface area contributed by atoms with Crippen LogP contribution in [0.4, 0.5) is 0 Å². The Bertz CT molecular complexity index is 884. The Hall–Kier alpha value is -1.97. The molecular weight excluding hydrogens is 665 g/mol. The van der Waals surface area contributed by atoms with E-state index < -0.39 is 12.0 Å². The third kappa shape index (κ3) is 32.0. The van der Waals surface area contributed by atoms with Crippen molar-refractivity contribution in [3.05, 3.63) is 18.2 Å². The largest absolute Gasteiger partial charge is 0.462 e. The zero-order valence-corrected chi connectivity index (χ0v) is 34.7.